The van der Waals surface area contributed by atoms with Crippen LogP contribution < -0.4 is 5.32 Å². The van der Waals surface area contributed by atoms with E-state index in [1.807, 2.05) is 0 Å². The Morgan fingerprint density at radius 3 is 2.61 bits per heavy atom. The second-order valence-electron chi connectivity index (χ2n) is 8.76. The zero-order valence-corrected chi connectivity index (χ0v) is 19.0. The molecule has 4 N–H and O–H groups in total. The summed E-state index contributed by atoms with van der Waals surface area (Å²) in [5.74, 6) is 1.43. The molecule has 11 heteroatoms. The largest absolute Gasteiger partial charge is 0.390 e. The molecule has 9 nitrogen and oxygen atoms in total. The SMILES string of the molecule is CCCCSc1nc(NC2CC2c2ccc(F)cc2)c2nnn(C3C[C@@H](O)[C@H](O)C3O)c2n1. The summed E-state index contributed by atoms with van der Waals surface area (Å²) in [6.45, 7) is 2.12. The average molecular weight is 475 g/mol. The summed E-state index contributed by atoms with van der Waals surface area (Å²) >= 11 is 1.54. The van der Waals surface area contributed by atoms with Crippen LogP contribution in [0.1, 0.15) is 50.1 Å². The molecule has 2 fully saturated rings. The van der Waals surface area contributed by atoms with Crippen molar-refractivity contribution in [2.45, 2.75) is 74.1 Å². The van der Waals surface area contributed by atoms with E-state index in [1.54, 1.807) is 23.9 Å². The van der Waals surface area contributed by atoms with E-state index in [-0.39, 0.29) is 24.2 Å². The standard InChI is InChI=1S/C22H27FN6O3S/c1-2-3-8-33-22-25-20(24-14-9-13(14)11-4-6-12(23)7-5-11)17-21(26-22)29(28-27-17)15-10-16(30)19(32)18(15)31/h4-7,13-16,18-19,30-32H,2-3,8-10H2,1H3,(H,24,25,26)/t13?,14?,15?,16-,18?,19+/m1/s1. The molecule has 176 valence electrons. The van der Waals surface area contributed by atoms with Crippen molar-refractivity contribution in [3.63, 3.8) is 0 Å². The van der Waals surface area contributed by atoms with Crippen LogP contribution in [0.25, 0.3) is 11.2 Å². The lowest BCUT2D eigenvalue weighted by molar-refractivity contribution is -0.0253. The molecular weight excluding hydrogens is 447 g/mol. The van der Waals surface area contributed by atoms with Gasteiger partial charge in [0.25, 0.3) is 0 Å². The first-order chi connectivity index (χ1) is 16.0. The van der Waals surface area contributed by atoms with Gasteiger partial charge in [0.05, 0.1) is 12.1 Å². The smallest absolute Gasteiger partial charge is 0.191 e. The molecule has 2 saturated carbocycles. The van der Waals surface area contributed by atoms with Crippen molar-refractivity contribution in [1.82, 2.24) is 25.0 Å². The van der Waals surface area contributed by atoms with E-state index in [4.69, 9.17) is 0 Å². The zero-order chi connectivity index (χ0) is 23.1. The molecule has 0 bridgehead atoms. The summed E-state index contributed by atoms with van der Waals surface area (Å²) in [5, 5.41) is 42.9. The third-order valence-electron chi connectivity index (χ3n) is 6.38. The van der Waals surface area contributed by atoms with E-state index in [0.29, 0.717) is 22.1 Å². The Hall–Kier alpha value is -2.34. The number of fused-ring (bicyclic) bond motifs is 1. The summed E-state index contributed by atoms with van der Waals surface area (Å²) in [5.41, 5.74) is 2.00. The molecule has 2 heterocycles. The summed E-state index contributed by atoms with van der Waals surface area (Å²) in [4.78, 5) is 9.33. The van der Waals surface area contributed by atoms with Gasteiger partial charge in [0.2, 0.25) is 0 Å². The predicted octanol–water partition coefficient (Wildman–Crippen LogP) is 2.25. The predicted molar refractivity (Wildman–Crippen MR) is 122 cm³/mol. The van der Waals surface area contributed by atoms with Crippen LogP contribution in [-0.2, 0) is 0 Å². The lowest BCUT2D eigenvalue weighted by Gasteiger charge is -2.16. The fourth-order valence-electron chi connectivity index (χ4n) is 4.34. The molecule has 2 aliphatic rings. The molecule has 0 aliphatic heterocycles. The van der Waals surface area contributed by atoms with Gasteiger partial charge in [0.1, 0.15) is 18.0 Å². The summed E-state index contributed by atoms with van der Waals surface area (Å²) in [7, 11) is 0. The number of nitrogens with one attached hydrogen (secondary N) is 1. The molecule has 0 spiro atoms. The number of hydrogen-bond donors (Lipinski definition) is 4. The number of halogens is 1. The van der Waals surface area contributed by atoms with E-state index < -0.39 is 24.4 Å². The third-order valence-corrected chi connectivity index (χ3v) is 7.31. The Balaban J connectivity index is 1.44. The van der Waals surface area contributed by atoms with Crippen molar-refractivity contribution < 1.29 is 19.7 Å². The Kier molecular flexibility index (Phi) is 6.21. The molecule has 0 radical (unpaired) electrons. The number of nitrogens with zero attached hydrogens (tertiary/aromatic N) is 5. The van der Waals surface area contributed by atoms with Crippen LogP contribution in [0.15, 0.2) is 29.4 Å². The highest BCUT2D eigenvalue weighted by molar-refractivity contribution is 7.99. The van der Waals surface area contributed by atoms with Crippen molar-refractivity contribution in [3.05, 3.63) is 35.6 Å². The molecular formula is C22H27FN6O3S. The maximum absolute atomic E-state index is 13.3. The van der Waals surface area contributed by atoms with Gasteiger partial charge in [-0.15, -0.1) is 5.10 Å². The zero-order valence-electron chi connectivity index (χ0n) is 18.2. The van der Waals surface area contributed by atoms with E-state index in [1.165, 1.54) is 16.8 Å². The number of thioether (sulfide) groups is 1. The van der Waals surface area contributed by atoms with Gasteiger partial charge in [0, 0.05) is 24.1 Å². The number of benzene rings is 1. The van der Waals surface area contributed by atoms with Crippen LogP contribution in [0, 0.1) is 5.82 Å². The van der Waals surface area contributed by atoms with Crippen molar-refractivity contribution >= 4 is 28.7 Å². The number of aliphatic hydroxyl groups excluding tert-OH is 3. The Morgan fingerprint density at radius 2 is 1.91 bits per heavy atom. The Morgan fingerprint density at radius 1 is 1.12 bits per heavy atom. The maximum atomic E-state index is 13.3. The van der Waals surface area contributed by atoms with Gasteiger partial charge in [-0.3, -0.25) is 0 Å². The van der Waals surface area contributed by atoms with Crippen LogP contribution in [-0.4, -0.2) is 70.4 Å². The van der Waals surface area contributed by atoms with Crippen LogP contribution >= 0.6 is 11.8 Å². The maximum Gasteiger partial charge on any atom is 0.191 e. The Bertz CT molecular complexity index is 1130. The van der Waals surface area contributed by atoms with Gasteiger partial charge >= 0.3 is 0 Å². The van der Waals surface area contributed by atoms with Gasteiger partial charge < -0.3 is 20.6 Å². The van der Waals surface area contributed by atoms with E-state index in [0.717, 1.165) is 30.6 Å². The van der Waals surface area contributed by atoms with E-state index in [2.05, 4.69) is 32.5 Å². The molecule has 2 aliphatic carbocycles. The van der Waals surface area contributed by atoms with E-state index in [9.17, 15) is 19.7 Å². The topological polar surface area (TPSA) is 129 Å². The fraction of sp³-hybridized carbons (Fsp3) is 0.545. The van der Waals surface area contributed by atoms with Crippen molar-refractivity contribution in [1.29, 1.82) is 0 Å². The highest BCUT2D eigenvalue weighted by Gasteiger charge is 2.43. The molecule has 0 amide bonds. The van der Waals surface area contributed by atoms with Crippen LogP contribution in [0.2, 0.25) is 0 Å². The van der Waals surface area contributed by atoms with Gasteiger partial charge in [-0.05, 0) is 30.5 Å². The monoisotopic (exact) mass is 474 g/mol. The first-order valence-corrected chi connectivity index (χ1v) is 12.3. The minimum atomic E-state index is -1.24. The highest BCUT2D eigenvalue weighted by atomic mass is 32.2. The number of unbranched alkanes of at least 4 members (excludes halogenated alkanes) is 1. The quantitative estimate of drug-likeness (QED) is 0.221. The summed E-state index contributed by atoms with van der Waals surface area (Å²) in [6, 6.07) is 6.04. The van der Waals surface area contributed by atoms with Crippen LogP contribution in [0.3, 0.4) is 0 Å². The van der Waals surface area contributed by atoms with Crippen molar-refractivity contribution in [3.8, 4) is 0 Å². The van der Waals surface area contributed by atoms with Crippen molar-refractivity contribution in [2.24, 2.45) is 0 Å². The first-order valence-electron chi connectivity index (χ1n) is 11.3. The van der Waals surface area contributed by atoms with Crippen LogP contribution in [0.5, 0.6) is 0 Å². The minimum absolute atomic E-state index is 0.132. The second kappa shape index (κ2) is 9.13. The minimum Gasteiger partial charge on any atom is -0.390 e. The lowest BCUT2D eigenvalue weighted by atomic mass is 10.1. The second-order valence-corrected chi connectivity index (χ2v) is 9.82. The average Bonchev–Trinajstić information content (AvgIpc) is 3.36. The summed E-state index contributed by atoms with van der Waals surface area (Å²) in [6.07, 6.45) is -0.310. The number of aromatic nitrogens is 5. The molecule has 2 aromatic heterocycles. The number of rotatable bonds is 8. The molecule has 0 saturated heterocycles. The van der Waals surface area contributed by atoms with Crippen LogP contribution in [0.4, 0.5) is 10.2 Å². The van der Waals surface area contributed by atoms with Gasteiger partial charge in [-0.25, -0.2) is 19.0 Å². The number of anilines is 1. The first kappa shape index (κ1) is 22.5. The molecule has 33 heavy (non-hydrogen) atoms. The van der Waals surface area contributed by atoms with E-state index >= 15 is 0 Å². The number of aliphatic hydroxyl groups is 3. The molecule has 6 atom stereocenters. The Labute approximate surface area is 194 Å². The molecule has 5 rings (SSSR count). The summed E-state index contributed by atoms with van der Waals surface area (Å²) < 4.78 is 14.8. The molecule has 1 aromatic carbocycles. The van der Waals surface area contributed by atoms with Crippen molar-refractivity contribution in [2.75, 3.05) is 11.1 Å². The lowest BCUT2D eigenvalue weighted by Crippen LogP contribution is -2.31. The fourth-order valence-corrected chi connectivity index (χ4v) is 5.26. The number of hydrogen-bond acceptors (Lipinski definition) is 9. The molecule has 3 aromatic rings. The third kappa shape index (κ3) is 4.42. The highest BCUT2D eigenvalue weighted by Crippen LogP contribution is 2.43. The molecule has 4 unspecified atom stereocenters. The van der Waals surface area contributed by atoms with Gasteiger partial charge in [-0.2, -0.15) is 0 Å². The van der Waals surface area contributed by atoms with Gasteiger partial charge in [-0.1, -0.05) is 42.5 Å². The van der Waals surface area contributed by atoms with Gasteiger partial charge in [0.15, 0.2) is 22.1 Å². The normalized spacial score (nSPS) is 29.0.